The van der Waals surface area contributed by atoms with E-state index < -0.39 is 53.8 Å². The predicted octanol–water partition coefficient (Wildman–Crippen LogP) is -1.45. The quantitative estimate of drug-likeness (QED) is 0.0594. The molecule has 1 aromatic carbocycles. The number of aliphatic carboxylic acids is 1. The maximum Gasteiger partial charge on any atom is 0.326 e. The number of nitrogens with two attached hydrogens (primary N) is 4. The topological polar surface area (TPSA) is 274 Å². The van der Waals surface area contributed by atoms with Crippen LogP contribution in [0.1, 0.15) is 45.1 Å². The van der Waals surface area contributed by atoms with Crippen molar-refractivity contribution in [1.82, 2.24) is 20.9 Å². The summed E-state index contributed by atoms with van der Waals surface area (Å²) in [5.74, 6) is -4.49. The van der Waals surface area contributed by atoms with Gasteiger partial charge in [-0.3, -0.25) is 24.2 Å². The largest absolute Gasteiger partial charge is 0.480 e. The first-order chi connectivity index (χ1) is 19.8. The number of benzene rings is 1. The van der Waals surface area contributed by atoms with Gasteiger partial charge in [-0.05, 0) is 36.8 Å². The summed E-state index contributed by atoms with van der Waals surface area (Å²) >= 11 is 0. The minimum atomic E-state index is -1.42. The van der Waals surface area contributed by atoms with Crippen LogP contribution in [0.2, 0.25) is 0 Å². The number of aromatic nitrogens is 1. The van der Waals surface area contributed by atoms with Crippen molar-refractivity contribution in [3.8, 4) is 0 Å². The Balaban J connectivity index is 2.32. The van der Waals surface area contributed by atoms with E-state index in [-0.39, 0.29) is 50.5 Å². The van der Waals surface area contributed by atoms with Gasteiger partial charge in [-0.2, -0.15) is 0 Å². The number of carboxylic acid groups (broad SMARTS) is 1. The summed E-state index contributed by atoms with van der Waals surface area (Å²) in [5.41, 5.74) is 23.5. The Hall–Kier alpha value is -4.66. The molecule has 0 aliphatic carbocycles. The van der Waals surface area contributed by atoms with E-state index in [1.165, 1.54) is 0 Å². The molecule has 42 heavy (non-hydrogen) atoms. The number of rotatable bonds is 17. The Morgan fingerprint density at radius 1 is 0.905 bits per heavy atom. The van der Waals surface area contributed by atoms with Crippen molar-refractivity contribution in [1.29, 1.82) is 0 Å². The molecular weight excluding hydrogens is 546 g/mol. The molecular formula is C27H41N9O6. The van der Waals surface area contributed by atoms with Crippen LogP contribution in [0.25, 0.3) is 10.9 Å². The number of hydrogen-bond donors (Lipinski definition) is 9. The fourth-order valence-corrected chi connectivity index (χ4v) is 4.16. The van der Waals surface area contributed by atoms with Crippen molar-refractivity contribution in [2.24, 2.45) is 33.8 Å². The van der Waals surface area contributed by atoms with E-state index in [9.17, 15) is 29.1 Å². The first-order valence-electron chi connectivity index (χ1n) is 13.6. The van der Waals surface area contributed by atoms with Gasteiger partial charge in [-0.1, -0.05) is 32.0 Å². The molecule has 0 fully saturated rings. The number of carbonyl (C=O) groups is 5. The first-order valence-corrected chi connectivity index (χ1v) is 13.6. The van der Waals surface area contributed by atoms with Crippen LogP contribution in [-0.2, 0) is 30.4 Å². The van der Waals surface area contributed by atoms with Gasteiger partial charge in [0, 0.05) is 36.5 Å². The van der Waals surface area contributed by atoms with Crippen molar-refractivity contribution >= 4 is 46.5 Å². The zero-order valence-corrected chi connectivity index (χ0v) is 23.8. The van der Waals surface area contributed by atoms with E-state index in [4.69, 9.17) is 22.9 Å². The van der Waals surface area contributed by atoms with Crippen molar-refractivity contribution < 1.29 is 29.1 Å². The predicted molar refractivity (Wildman–Crippen MR) is 157 cm³/mol. The number of para-hydroxylation sites is 1. The lowest BCUT2D eigenvalue weighted by atomic mass is 10.0. The summed E-state index contributed by atoms with van der Waals surface area (Å²) in [7, 11) is 0. The van der Waals surface area contributed by atoms with Crippen LogP contribution >= 0.6 is 0 Å². The first kappa shape index (κ1) is 33.5. The van der Waals surface area contributed by atoms with Gasteiger partial charge < -0.3 is 49.0 Å². The molecule has 4 unspecified atom stereocenters. The Kier molecular flexibility index (Phi) is 12.7. The average Bonchev–Trinajstić information content (AvgIpc) is 3.33. The van der Waals surface area contributed by atoms with Crippen LogP contribution in [0.3, 0.4) is 0 Å². The SMILES string of the molecule is CC(C)C(N)C(=O)NC(Cc1c[nH]c2ccccc12)C(=O)NC(CCCN=C(N)N)C(=O)NC(CCC(N)=O)C(=O)O. The van der Waals surface area contributed by atoms with E-state index in [2.05, 4.69) is 25.9 Å². The number of hydrogen-bond acceptors (Lipinski definition) is 7. The van der Waals surface area contributed by atoms with Crippen molar-refractivity contribution in [3.05, 3.63) is 36.0 Å². The molecule has 4 atom stereocenters. The third kappa shape index (κ3) is 10.4. The standard InChI is InChI=1S/C27H41N9O6/c1-14(2)22(29)25(40)36-20(12-15-13-33-17-7-4-3-6-16(15)17)24(39)34-18(8-5-11-32-27(30)31)23(38)35-19(26(41)42)9-10-21(28)37/h3-4,6-7,13-14,18-20,22,33H,5,8-12,29H2,1-2H3,(H2,28,37)(H,34,39)(H,35,38)(H,36,40)(H,41,42)(H4,30,31,32). The van der Waals surface area contributed by atoms with E-state index in [0.29, 0.717) is 0 Å². The second kappa shape index (κ2) is 16.0. The molecule has 2 rings (SSSR count). The summed E-state index contributed by atoms with van der Waals surface area (Å²) < 4.78 is 0. The maximum absolute atomic E-state index is 13.6. The lowest BCUT2D eigenvalue weighted by molar-refractivity contribution is -0.142. The molecule has 0 aliphatic rings. The number of aromatic amines is 1. The molecule has 1 aromatic heterocycles. The normalized spacial score (nSPS) is 13.9. The number of amides is 4. The van der Waals surface area contributed by atoms with Crippen LogP contribution in [-0.4, -0.2) is 76.4 Å². The maximum atomic E-state index is 13.6. The van der Waals surface area contributed by atoms with Gasteiger partial charge in [0.1, 0.15) is 18.1 Å². The molecule has 15 nitrogen and oxygen atoms in total. The number of fused-ring (bicyclic) bond motifs is 1. The lowest BCUT2D eigenvalue weighted by Gasteiger charge is -2.26. The van der Waals surface area contributed by atoms with Crippen LogP contribution in [0.4, 0.5) is 0 Å². The van der Waals surface area contributed by atoms with Crippen LogP contribution in [0.15, 0.2) is 35.5 Å². The monoisotopic (exact) mass is 587 g/mol. The van der Waals surface area contributed by atoms with Crippen LogP contribution in [0, 0.1) is 5.92 Å². The molecule has 15 heteroatoms. The van der Waals surface area contributed by atoms with Gasteiger partial charge in [-0.15, -0.1) is 0 Å². The molecule has 2 aromatic rings. The highest BCUT2D eigenvalue weighted by Crippen LogP contribution is 2.19. The zero-order valence-electron chi connectivity index (χ0n) is 23.8. The van der Waals surface area contributed by atoms with Gasteiger partial charge in [0.05, 0.1) is 6.04 Å². The molecule has 0 spiro atoms. The minimum Gasteiger partial charge on any atom is -0.480 e. The van der Waals surface area contributed by atoms with Gasteiger partial charge >= 0.3 is 5.97 Å². The number of nitrogens with one attached hydrogen (secondary N) is 4. The number of carbonyl (C=O) groups excluding carboxylic acids is 4. The third-order valence-electron chi connectivity index (χ3n) is 6.63. The smallest absolute Gasteiger partial charge is 0.326 e. The second-order valence-corrected chi connectivity index (χ2v) is 10.3. The fourth-order valence-electron chi connectivity index (χ4n) is 4.16. The van der Waals surface area contributed by atoms with E-state index in [1.807, 2.05) is 24.3 Å². The van der Waals surface area contributed by atoms with E-state index >= 15 is 0 Å². The second-order valence-electron chi connectivity index (χ2n) is 10.3. The summed E-state index contributed by atoms with van der Waals surface area (Å²) in [5, 5.41) is 18.1. The number of primary amides is 1. The number of H-pyrrole nitrogens is 1. The molecule has 1 heterocycles. The molecule has 0 radical (unpaired) electrons. The highest BCUT2D eigenvalue weighted by Gasteiger charge is 2.31. The average molecular weight is 588 g/mol. The number of guanidine groups is 1. The number of aliphatic imine (C=N–C) groups is 1. The molecule has 0 saturated heterocycles. The zero-order chi connectivity index (χ0) is 31.4. The molecule has 0 bridgehead atoms. The van der Waals surface area contributed by atoms with E-state index in [0.717, 1.165) is 16.5 Å². The molecule has 13 N–H and O–H groups in total. The number of nitrogens with zero attached hydrogens (tertiary/aromatic N) is 1. The Labute approximate surface area is 243 Å². The van der Waals surface area contributed by atoms with Crippen molar-refractivity contribution in [3.63, 3.8) is 0 Å². The highest BCUT2D eigenvalue weighted by atomic mass is 16.4. The van der Waals surface area contributed by atoms with Crippen molar-refractivity contribution in [2.75, 3.05) is 6.54 Å². The van der Waals surface area contributed by atoms with Crippen molar-refractivity contribution in [2.45, 2.75) is 70.1 Å². The summed E-state index contributed by atoms with van der Waals surface area (Å²) in [6.45, 7) is 3.69. The van der Waals surface area contributed by atoms with Crippen LogP contribution < -0.4 is 38.9 Å². The van der Waals surface area contributed by atoms with Gasteiger partial charge in [0.25, 0.3) is 0 Å². The molecule has 230 valence electrons. The Bertz CT molecular complexity index is 1290. The lowest BCUT2D eigenvalue weighted by Crippen LogP contribution is -2.58. The molecule has 4 amide bonds. The highest BCUT2D eigenvalue weighted by molar-refractivity contribution is 5.95. The number of carboxylic acids is 1. The van der Waals surface area contributed by atoms with Gasteiger partial charge in [-0.25, -0.2) is 4.79 Å². The minimum absolute atomic E-state index is 0.0375. The van der Waals surface area contributed by atoms with Gasteiger partial charge in [0.2, 0.25) is 23.6 Å². The fraction of sp³-hybridized carbons (Fsp3) is 0.481. The van der Waals surface area contributed by atoms with E-state index in [1.54, 1.807) is 20.0 Å². The summed E-state index contributed by atoms with van der Waals surface area (Å²) in [6.07, 6.45) is 1.59. The molecule has 0 aliphatic heterocycles. The van der Waals surface area contributed by atoms with Crippen LogP contribution in [0.5, 0.6) is 0 Å². The van der Waals surface area contributed by atoms with Gasteiger partial charge in [0.15, 0.2) is 5.96 Å². The third-order valence-corrected chi connectivity index (χ3v) is 6.63. The summed E-state index contributed by atoms with van der Waals surface area (Å²) in [4.78, 5) is 69.6. The molecule has 0 saturated carbocycles. The Morgan fingerprint density at radius 2 is 1.52 bits per heavy atom. The Morgan fingerprint density at radius 3 is 2.14 bits per heavy atom. The summed E-state index contributed by atoms with van der Waals surface area (Å²) in [6, 6.07) is 2.79.